The van der Waals surface area contributed by atoms with Crippen molar-refractivity contribution in [2.24, 2.45) is 0 Å². The molecule has 0 aliphatic rings. The Morgan fingerprint density at radius 3 is 0.973 bits per heavy atom. The van der Waals surface area contributed by atoms with Crippen LogP contribution in [0.5, 0.6) is 34.5 Å². The van der Waals surface area contributed by atoms with Gasteiger partial charge in [-0.05, 0) is 25.7 Å². The molecule has 2 rings (SSSR count). The van der Waals surface area contributed by atoms with Crippen LogP contribution in [0, 0.1) is 0 Å². The van der Waals surface area contributed by atoms with Gasteiger partial charge in [0.05, 0.1) is 26.4 Å². The molecule has 0 radical (unpaired) electrons. The highest BCUT2D eigenvalue weighted by molar-refractivity contribution is 5.63. The number of benzene rings is 2. The highest BCUT2D eigenvalue weighted by Crippen LogP contribution is 2.51. The largest absolute Gasteiger partial charge is 0.508 e. The molecule has 0 bridgehead atoms. The van der Waals surface area contributed by atoms with Gasteiger partial charge in [-0.1, -0.05) is 67.2 Å². The van der Waals surface area contributed by atoms with Gasteiger partial charge in [0.1, 0.15) is 34.5 Å². The third kappa shape index (κ3) is 8.65. The van der Waals surface area contributed by atoms with Crippen LogP contribution in [0.2, 0.25) is 0 Å². The first-order valence-electron chi connectivity index (χ1n) is 14.1. The molecule has 2 N–H and O–H groups in total. The van der Waals surface area contributed by atoms with Crippen LogP contribution in [0.1, 0.15) is 104 Å². The zero-order valence-electron chi connectivity index (χ0n) is 23.8. The summed E-state index contributed by atoms with van der Waals surface area (Å²) in [6.45, 7) is 14.8. The smallest absolute Gasteiger partial charge is 0.130 e. The average molecular weight is 517 g/mol. The SMILES string of the molecule is CCCCOc1cc(O)cc(OCCCC)c1C(C)(C)c1c(OCCCC)cc(O)cc1OCCCC. The zero-order chi connectivity index (χ0) is 27.3. The van der Waals surface area contributed by atoms with Crippen molar-refractivity contribution in [2.45, 2.75) is 98.3 Å². The fourth-order valence-corrected chi connectivity index (χ4v) is 4.27. The first kappa shape index (κ1) is 30.5. The molecule has 37 heavy (non-hydrogen) atoms. The number of phenolic OH excluding ortho intramolecular Hbond substituents is 2. The molecule has 0 atom stereocenters. The molecule has 0 spiro atoms. The Morgan fingerprint density at radius 2 is 0.757 bits per heavy atom. The number of phenols is 2. The van der Waals surface area contributed by atoms with Gasteiger partial charge in [0, 0.05) is 40.8 Å². The van der Waals surface area contributed by atoms with Gasteiger partial charge in [-0.25, -0.2) is 0 Å². The van der Waals surface area contributed by atoms with Crippen molar-refractivity contribution in [3.8, 4) is 34.5 Å². The zero-order valence-corrected chi connectivity index (χ0v) is 23.8. The summed E-state index contributed by atoms with van der Waals surface area (Å²) in [5.41, 5.74) is 0.945. The maximum Gasteiger partial charge on any atom is 0.130 e. The Kier molecular flexibility index (Phi) is 12.7. The van der Waals surface area contributed by atoms with Gasteiger partial charge in [0.25, 0.3) is 0 Å². The van der Waals surface area contributed by atoms with Crippen LogP contribution in [-0.4, -0.2) is 36.6 Å². The van der Waals surface area contributed by atoms with Crippen LogP contribution in [0.3, 0.4) is 0 Å². The lowest BCUT2D eigenvalue weighted by Gasteiger charge is -2.33. The number of aromatic hydroxyl groups is 2. The van der Waals surface area contributed by atoms with Gasteiger partial charge >= 0.3 is 0 Å². The number of hydrogen-bond acceptors (Lipinski definition) is 6. The fourth-order valence-electron chi connectivity index (χ4n) is 4.27. The van der Waals surface area contributed by atoms with E-state index < -0.39 is 5.41 Å². The molecule has 0 aliphatic heterocycles. The predicted molar refractivity (Wildman–Crippen MR) is 150 cm³/mol. The van der Waals surface area contributed by atoms with Crippen LogP contribution in [-0.2, 0) is 5.41 Å². The molecule has 0 unspecified atom stereocenters. The van der Waals surface area contributed by atoms with Crippen LogP contribution < -0.4 is 18.9 Å². The van der Waals surface area contributed by atoms with E-state index in [1.54, 1.807) is 24.3 Å². The summed E-state index contributed by atoms with van der Waals surface area (Å²) in [6.07, 6.45) is 7.60. The molecule has 2 aromatic rings. The van der Waals surface area contributed by atoms with Gasteiger partial charge < -0.3 is 29.2 Å². The number of hydrogen-bond donors (Lipinski definition) is 2. The molecule has 0 aliphatic carbocycles. The van der Waals surface area contributed by atoms with Crippen LogP contribution in [0.4, 0.5) is 0 Å². The molecule has 0 aromatic heterocycles. The van der Waals surface area contributed by atoms with E-state index in [0.29, 0.717) is 49.4 Å². The van der Waals surface area contributed by atoms with Gasteiger partial charge in [-0.15, -0.1) is 0 Å². The topological polar surface area (TPSA) is 77.4 Å². The van der Waals surface area contributed by atoms with Crippen molar-refractivity contribution in [2.75, 3.05) is 26.4 Å². The van der Waals surface area contributed by atoms with E-state index >= 15 is 0 Å². The molecule has 6 heteroatoms. The highest BCUT2D eigenvalue weighted by atomic mass is 16.5. The molecule has 208 valence electrons. The summed E-state index contributed by atoms with van der Waals surface area (Å²) in [6, 6.07) is 6.65. The predicted octanol–water partition coefficient (Wildman–Crippen LogP) is 8.14. The third-order valence-electron chi connectivity index (χ3n) is 6.37. The van der Waals surface area contributed by atoms with E-state index in [2.05, 4.69) is 41.5 Å². The van der Waals surface area contributed by atoms with Crippen molar-refractivity contribution >= 4 is 0 Å². The molecule has 0 amide bonds. The monoisotopic (exact) mass is 516 g/mol. The summed E-state index contributed by atoms with van der Waals surface area (Å²) in [7, 11) is 0. The summed E-state index contributed by atoms with van der Waals surface area (Å²) >= 11 is 0. The summed E-state index contributed by atoms with van der Waals surface area (Å²) in [5, 5.41) is 21.1. The van der Waals surface area contributed by atoms with Crippen LogP contribution >= 0.6 is 0 Å². The van der Waals surface area contributed by atoms with E-state index in [1.807, 2.05) is 0 Å². The minimum Gasteiger partial charge on any atom is -0.508 e. The lowest BCUT2D eigenvalue weighted by molar-refractivity contribution is 0.267. The Morgan fingerprint density at radius 1 is 0.514 bits per heavy atom. The van der Waals surface area contributed by atoms with Gasteiger partial charge in [0.15, 0.2) is 0 Å². The van der Waals surface area contributed by atoms with Gasteiger partial charge in [0.2, 0.25) is 0 Å². The van der Waals surface area contributed by atoms with Crippen LogP contribution in [0.15, 0.2) is 24.3 Å². The molecular weight excluding hydrogens is 468 g/mol. The Hall–Kier alpha value is -2.76. The molecular formula is C31H48O6. The minimum absolute atomic E-state index is 0.0992. The summed E-state index contributed by atoms with van der Waals surface area (Å²) in [4.78, 5) is 0. The Balaban J connectivity index is 2.73. The van der Waals surface area contributed by atoms with E-state index in [1.165, 1.54) is 0 Å². The normalized spacial score (nSPS) is 11.4. The maximum absolute atomic E-state index is 10.6. The number of ether oxygens (including phenoxy) is 4. The second kappa shape index (κ2) is 15.5. The molecule has 2 aromatic carbocycles. The average Bonchev–Trinajstić information content (AvgIpc) is 2.84. The van der Waals surface area contributed by atoms with Crippen molar-refractivity contribution in [3.05, 3.63) is 35.4 Å². The van der Waals surface area contributed by atoms with E-state index in [-0.39, 0.29) is 11.5 Å². The van der Waals surface area contributed by atoms with E-state index in [4.69, 9.17) is 18.9 Å². The first-order chi connectivity index (χ1) is 17.8. The third-order valence-corrected chi connectivity index (χ3v) is 6.37. The van der Waals surface area contributed by atoms with Crippen molar-refractivity contribution in [1.82, 2.24) is 0 Å². The number of unbranched alkanes of at least 4 members (excludes halogenated alkanes) is 4. The van der Waals surface area contributed by atoms with Crippen molar-refractivity contribution in [3.63, 3.8) is 0 Å². The first-order valence-corrected chi connectivity index (χ1v) is 14.1. The molecule has 0 saturated heterocycles. The van der Waals surface area contributed by atoms with E-state index in [0.717, 1.165) is 62.5 Å². The molecule has 6 nitrogen and oxygen atoms in total. The van der Waals surface area contributed by atoms with Gasteiger partial charge in [-0.3, -0.25) is 0 Å². The fraction of sp³-hybridized carbons (Fsp3) is 0.613. The standard InChI is InChI=1S/C31H48O6/c1-7-11-15-34-25-19-23(32)20-26(35-16-12-8-2)29(25)31(5,6)30-27(36-17-13-9-3)21-24(33)22-28(30)37-18-14-10-4/h19-22,32-33H,7-18H2,1-6H3. The Labute approximate surface area is 223 Å². The van der Waals surface area contributed by atoms with Crippen LogP contribution in [0.25, 0.3) is 0 Å². The summed E-state index contributed by atoms with van der Waals surface area (Å²) in [5.74, 6) is 2.52. The molecule has 0 heterocycles. The lowest BCUT2D eigenvalue weighted by Crippen LogP contribution is -2.24. The quantitative estimate of drug-likeness (QED) is 0.195. The van der Waals surface area contributed by atoms with E-state index in [9.17, 15) is 10.2 Å². The second-order valence-electron chi connectivity index (χ2n) is 10.1. The van der Waals surface area contributed by atoms with Crippen molar-refractivity contribution in [1.29, 1.82) is 0 Å². The number of rotatable bonds is 18. The Bertz CT molecular complexity index is 815. The lowest BCUT2D eigenvalue weighted by atomic mass is 9.76. The molecule has 0 saturated carbocycles. The second-order valence-corrected chi connectivity index (χ2v) is 10.1. The van der Waals surface area contributed by atoms with Gasteiger partial charge in [-0.2, -0.15) is 0 Å². The van der Waals surface area contributed by atoms with Crippen molar-refractivity contribution < 1.29 is 29.2 Å². The maximum atomic E-state index is 10.6. The highest BCUT2D eigenvalue weighted by Gasteiger charge is 2.37. The minimum atomic E-state index is -0.701. The molecule has 0 fully saturated rings. The summed E-state index contributed by atoms with van der Waals surface area (Å²) < 4.78 is 25.0.